The fourth-order valence-electron chi connectivity index (χ4n) is 2.13. The van der Waals surface area contributed by atoms with Crippen molar-refractivity contribution in [2.75, 3.05) is 19.5 Å². The maximum atomic E-state index is 12.2. The molecule has 0 saturated heterocycles. The minimum Gasteiger partial charge on any atom is -0.497 e. The zero-order valence-electron chi connectivity index (χ0n) is 13.4. The lowest BCUT2D eigenvalue weighted by atomic mass is 10.2. The molecule has 0 fully saturated rings. The van der Waals surface area contributed by atoms with Crippen LogP contribution in [0.4, 0.5) is 6.01 Å². The zero-order valence-corrected chi connectivity index (χ0v) is 14.2. The van der Waals surface area contributed by atoms with Crippen LogP contribution in [0.5, 0.6) is 11.5 Å². The molecule has 3 aromatic rings. The van der Waals surface area contributed by atoms with Gasteiger partial charge in [0, 0.05) is 16.7 Å². The number of hydrogen-bond donors (Lipinski definition) is 1. The molecule has 3 rings (SSSR count). The third kappa shape index (κ3) is 3.72. The van der Waals surface area contributed by atoms with E-state index in [1.54, 1.807) is 49.6 Å². The number of amides is 1. The molecule has 0 aliphatic heterocycles. The lowest BCUT2D eigenvalue weighted by Crippen LogP contribution is -2.11. The van der Waals surface area contributed by atoms with Crippen molar-refractivity contribution in [2.24, 2.45) is 0 Å². The van der Waals surface area contributed by atoms with Crippen LogP contribution in [0.1, 0.15) is 10.4 Å². The SMILES string of the molecule is COc1ccc(-c2nnc(NC(=O)c3ccc(Cl)cc3)o2)c(OC)c1. The van der Waals surface area contributed by atoms with Crippen LogP contribution < -0.4 is 14.8 Å². The largest absolute Gasteiger partial charge is 0.497 e. The smallest absolute Gasteiger partial charge is 0.322 e. The Morgan fingerprint density at radius 3 is 2.52 bits per heavy atom. The molecule has 0 spiro atoms. The highest BCUT2D eigenvalue weighted by atomic mass is 35.5. The molecule has 0 aliphatic rings. The normalized spacial score (nSPS) is 10.4. The molecule has 8 heteroatoms. The average molecular weight is 360 g/mol. The summed E-state index contributed by atoms with van der Waals surface area (Å²) in [5, 5.41) is 10.9. The molecule has 0 unspecified atom stereocenters. The van der Waals surface area contributed by atoms with Crippen molar-refractivity contribution >= 4 is 23.5 Å². The molecule has 0 bridgehead atoms. The summed E-state index contributed by atoms with van der Waals surface area (Å²) < 4.78 is 16.0. The number of methoxy groups -OCH3 is 2. The fourth-order valence-corrected chi connectivity index (χ4v) is 2.25. The van der Waals surface area contributed by atoms with Gasteiger partial charge in [-0.3, -0.25) is 10.1 Å². The first-order chi connectivity index (χ1) is 12.1. The van der Waals surface area contributed by atoms with Crippen LogP contribution in [0, 0.1) is 0 Å². The van der Waals surface area contributed by atoms with E-state index in [9.17, 15) is 4.79 Å². The van der Waals surface area contributed by atoms with Crippen molar-refractivity contribution in [1.82, 2.24) is 10.2 Å². The number of nitrogens with zero attached hydrogens (tertiary/aromatic N) is 2. The van der Waals surface area contributed by atoms with Gasteiger partial charge in [-0.15, -0.1) is 5.10 Å². The summed E-state index contributed by atoms with van der Waals surface area (Å²) in [6, 6.07) is 11.6. The average Bonchev–Trinajstić information content (AvgIpc) is 3.09. The van der Waals surface area contributed by atoms with Gasteiger partial charge >= 0.3 is 6.01 Å². The predicted molar refractivity (Wildman–Crippen MR) is 92.2 cm³/mol. The van der Waals surface area contributed by atoms with E-state index in [1.807, 2.05) is 0 Å². The highest BCUT2D eigenvalue weighted by Crippen LogP contribution is 2.33. The maximum Gasteiger partial charge on any atom is 0.322 e. The highest BCUT2D eigenvalue weighted by Gasteiger charge is 2.16. The minimum absolute atomic E-state index is 0.0205. The summed E-state index contributed by atoms with van der Waals surface area (Å²) >= 11 is 5.80. The number of rotatable bonds is 5. The topological polar surface area (TPSA) is 86.5 Å². The van der Waals surface area contributed by atoms with Crippen molar-refractivity contribution in [2.45, 2.75) is 0 Å². The third-order valence-electron chi connectivity index (χ3n) is 3.39. The highest BCUT2D eigenvalue weighted by molar-refractivity contribution is 6.30. The number of carbonyl (C=O) groups is 1. The summed E-state index contributed by atoms with van der Waals surface area (Å²) in [5.74, 6) is 0.981. The number of aromatic nitrogens is 2. The molecule has 2 aromatic carbocycles. The fraction of sp³-hybridized carbons (Fsp3) is 0.118. The van der Waals surface area contributed by atoms with Gasteiger partial charge in [-0.05, 0) is 36.4 Å². The molecule has 0 radical (unpaired) electrons. The summed E-state index contributed by atoms with van der Waals surface area (Å²) in [5.41, 5.74) is 1.01. The Bertz CT molecular complexity index is 893. The van der Waals surface area contributed by atoms with Crippen LogP contribution in [-0.4, -0.2) is 30.3 Å². The van der Waals surface area contributed by atoms with Gasteiger partial charge < -0.3 is 13.9 Å². The Balaban J connectivity index is 1.81. The van der Waals surface area contributed by atoms with Crippen molar-refractivity contribution in [3.8, 4) is 23.0 Å². The second kappa shape index (κ2) is 7.23. The van der Waals surface area contributed by atoms with Gasteiger partial charge in [0.1, 0.15) is 11.5 Å². The second-order valence-corrected chi connectivity index (χ2v) is 5.38. The van der Waals surface area contributed by atoms with Crippen LogP contribution in [0.3, 0.4) is 0 Å². The Morgan fingerprint density at radius 1 is 1.08 bits per heavy atom. The molecule has 1 N–H and O–H groups in total. The molecule has 1 aromatic heterocycles. The summed E-state index contributed by atoms with van der Waals surface area (Å²) in [6.45, 7) is 0. The van der Waals surface area contributed by atoms with Gasteiger partial charge in [0.25, 0.3) is 11.8 Å². The van der Waals surface area contributed by atoms with Gasteiger partial charge in [-0.25, -0.2) is 0 Å². The third-order valence-corrected chi connectivity index (χ3v) is 3.64. The van der Waals surface area contributed by atoms with Crippen LogP contribution >= 0.6 is 11.6 Å². The van der Waals surface area contributed by atoms with E-state index in [2.05, 4.69) is 15.5 Å². The monoisotopic (exact) mass is 359 g/mol. The van der Waals surface area contributed by atoms with Crippen molar-refractivity contribution in [1.29, 1.82) is 0 Å². The van der Waals surface area contributed by atoms with Crippen molar-refractivity contribution in [3.05, 3.63) is 53.1 Å². The number of nitrogens with one attached hydrogen (secondary N) is 1. The number of benzene rings is 2. The van der Waals surface area contributed by atoms with Crippen LogP contribution in [-0.2, 0) is 0 Å². The van der Waals surface area contributed by atoms with Gasteiger partial charge in [0.15, 0.2) is 0 Å². The molecular formula is C17H14ClN3O4. The summed E-state index contributed by atoms with van der Waals surface area (Å²) in [4.78, 5) is 12.2. The van der Waals surface area contributed by atoms with Crippen molar-refractivity contribution in [3.63, 3.8) is 0 Å². The second-order valence-electron chi connectivity index (χ2n) is 4.94. The molecule has 1 amide bonds. The molecule has 7 nitrogen and oxygen atoms in total. The zero-order chi connectivity index (χ0) is 17.8. The Kier molecular flexibility index (Phi) is 4.85. The molecule has 0 aliphatic carbocycles. The van der Waals surface area contributed by atoms with E-state index in [0.29, 0.717) is 27.6 Å². The lowest BCUT2D eigenvalue weighted by molar-refractivity contribution is 0.102. The van der Waals surface area contributed by atoms with E-state index >= 15 is 0 Å². The Hall–Kier alpha value is -3.06. The van der Waals surface area contributed by atoms with E-state index in [4.69, 9.17) is 25.5 Å². The molecule has 25 heavy (non-hydrogen) atoms. The van der Waals surface area contributed by atoms with E-state index in [-0.39, 0.29) is 17.8 Å². The van der Waals surface area contributed by atoms with Gasteiger partial charge in [-0.2, -0.15) is 0 Å². The van der Waals surface area contributed by atoms with E-state index in [1.165, 1.54) is 7.11 Å². The molecule has 0 saturated carbocycles. The summed E-state index contributed by atoms with van der Waals surface area (Å²) in [7, 11) is 3.09. The Labute approximate surface area is 148 Å². The first-order valence-corrected chi connectivity index (χ1v) is 7.61. The molecule has 1 heterocycles. The Morgan fingerprint density at radius 2 is 1.84 bits per heavy atom. The van der Waals surface area contributed by atoms with Gasteiger partial charge in [0.05, 0.1) is 19.8 Å². The quantitative estimate of drug-likeness (QED) is 0.748. The van der Waals surface area contributed by atoms with E-state index in [0.717, 1.165) is 0 Å². The number of halogens is 1. The molecule has 128 valence electrons. The first kappa shape index (κ1) is 16.8. The number of ether oxygens (including phenoxy) is 2. The minimum atomic E-state index is -0.381. The number of carbonyl (C=O) groups excluding carboxylic acids is 1. The van der Waals surface area contributed by atoms with Crippen LogP contribution in [0.2, 0.25) is 5.02 Å². The number of anilines is 1. The first-order valence-electron chi connectivity index (χ1n) is 7.23. The van der Waals surface area contributed by atoms with E-state index < -0.39 is 0 Å². The predicted octanol–water partition coefficient (Wildman–Crippen LogP) is 3.66. The number of hydrogen-bond acceptors (Lipinski definition) is 6. The van der Waals surface area contributed by atoms with Gasteiger partial charge in [0.2, 0.25) is 0 Å². The molecule has 0 atom stereocenters. The van der Waals surface area contributed by atoms with Gasteiger partial charge in [-0.1, -0.05) is 16.7 Å². The van der Waals surface area contributed by atoms with Crippen molar-refractivity contribution < 1.29 is 18.7 Å². The van der Waals surface area contributed by atoms with Crippen LogP contribution in [0.15, 0.2) is 46.9 Å². The molecular weight excluding hydrogens is 346 g/mol. The standard InChI is InChI=1S/C17H14ClN3O4/c1-23-12-7-8-13(14(9-12)24-2)16-20-21-17(25-16)19-15(22)10-3-5-11(18)6-4-10/h3-9H,1-2H3,(H,19,21,22). The lowest BCUT2D eigenvalue weighted by Gasteiger charge is -2.07. The summed E-state index contributed by atoms with van der Waals surface area (Å²) in [6.07, 6.45) is 0. The van der Waals surface area contributed by atoms with Crippen LogP contribution in [0.25, 0.3) is 11.5 Å². The maximum absolute atomic E-state index is 12.2.